The van der Waals surface area contributed by atoms with E-state index in [1.54, 1.807) is 0 Å². The molecule has 32 heavy (non-hydrogen) atoms. The number of primary amides is 1. The molecule has 1 saturated carbocycles. The lowest BCUT2D eigenvalue weighted by Crippen LogP contribution is -2.57. The molecule has 1 aliphatic carbocycles. The zero-order valence-electron chi connectivity index (χ0n) is 17.8. The average molecular weight is 447 g/mol. The number of rotatable bonds is 7. The van der Waals surface area contributed by atoms with E-state index in [9.17, 15) is 13.6 Å². The van der Waals surface area contributed by atoms with Crippen LogP contribution < -0.4 is 27.0 Å². The summed E-state index contributed by atoms with van der Waals surface area (Å²) in [4.78, 5) is 22.3. The number of carbonyl (C=O) groups is 1. The second-order valence-corrected chi connectivity index (χ2v) is 8.25. The van der Waals surface area contributed by atoms with Crippen LogP contribution in [0.5, 0.6) is 0 Å². The van der Waals surface area contributed by atoms with Crippen molar-refractivity contribution in [1.82, 2.24) is 9.97 Å². The van der Waals surface area contributed by atoms with Crippen LogP contribution in [0.1, 0.15) is 36.5 Å². The van der Waals surface area contributed by atoms with Gasteiger partial charge in [0.1, 0.15) is 11.6 Å². The van der Waals surface area contributed by atoms with Gasteiger partial charge < -0.3 is 31.7 Å². The van der Waals surface area contributed by atoms with Crippen molar-refractivity contribution in [3.63, 3.8) is 0 Å². The number of halogens is 2. The molecule has 0 aromatic carbocycles. The Morgan fingerprint density at radius 3 is 2.53 bits per heavy atom. The summed E-state index contributed by atoms with van der Waals surface area (Å²) in [6.45, 7) is 4.17. The summed E-state index contributed by atoms with van der Waals surface area (Å²) in [5.41, 5.74) is 10.9. The fourth-order valence-electron chi connectivity index (χ4n) is 3.96. The number of hydrogen-bond acceptors (Lipinski definition) is 8. The van der Waals surface area contributed by atoms with E-state index in [2.05, 4.69) is 20.6 Å². The molecule has 0 radical (unpaired) electrons. The molecular formula is C21H27F2N7O2. The van der Waals surface area contributed by atoms with Gasteiger partial charge in [-0.05, 0) is 32.3 Å². The molecule has 0 spiro atoms. The highest BCUT2D eigenvalue weighted by Crippen LogP contribution is 2.38. The molecule has 1 atom stereocenters. The second kappa shape index (κ2) is 8.83. The van der Waals surface area contributed by atoms with Crippen molar-refractivity contribution in [1.29, 1.82) is 0 Å². The lowest BCUT2D eigenvalue weighted by molar-refractivity contribution is 0.100. The first-order valence-corrected chi connectivity index (χ1v) is 10.6. The van der Waals surface area contributed by atoms with Crippen LogP contribution in [0.4, 0.5) is 31.9 Å². The van der Waals surface area contributed by atoms with Crippen molar-refractivity contribution >= 4 is 29.0 Å². The fraction of sp³-hybridized carbons (Fsp3) is 0.476. The van der Waals surface area contributed by atoms with Gasteiger partial charge >= 0.3 is 0 Å². The molecule has 0 bridgehead atoms. The maximum Gasteiger partial charge on any atom is 0.252 e. The van der Waals surface area contributed by atoms with Gasteiger partial charge in [-0.3, -0.25) is 4.79 Å². The predicted octanol–water partition coefficient (Wildman–Crippen LogP) is 2.12. The number of ether oxygens (including phenoxy) is 1. The van der Waals surface area contributed by atoms with Gasteiger partial charge in [-0.25, -0.2) is 18.7 Å². The normalized spacial score (nSPS) is 18.6. The van der Waals surface area contributed by atoms with Crippen LogP contribution in [0.15, 0.2) is 18.3 Å². The van der Waals surface area contributed by atoms with Crippen LogP contribution in [0.3, 0.4) is 0 Å². The third-order valence-corrected chi connectivity index (χ3v) is 6.16. The van der Waals surface area contributed by atoms with Gasteiger partial charge in [0.25, 0.3) is 5.91 Å². The van der Waals surface area contributed by atoms with Crippen molar-refractivity contribution in [3.8, 4) is 0 Å². The van der Waals surface area contributed by atoms with Crippen LogP contribution in [0.25, 0.3) is 0 Å². The molecule has 6 N–H and O–H groups in total. The van der Waals surface area contributed by atoms with Gasteiger partial charge in [0.2, 0.25) is 0 Å². The molecule has 2 aliphatic rings. The third kappa shape index (κ3) is 4.30. The lowest BCUT2D eigenvalue weighted by atomic mass is 9.72. The Hall–Kier alpha value is -3.05. The number of amides is 1. The summed E-state index contributed by atoms with van der Waals surface area (Å²) in [5, 5.41) is 5.90. The van der Waals surface area contributed by atoms with Gasteiger partial charge in [-0.15, -0.1) is 0 Å². The number of hydrogen-bond donors (Lipinski definition) is 4. The number of nitrogens with two attached hydrogens (primary N) is 2. The number of aromatic nitrogens is 2. The minimum atomic E-state index is -0.890. The SMILES string of the molecule is C[C@H](N)C1(Nc2nc(Nc3cc(N4CCOCC4)ncc3F)c(C(N)=O)cc2F)CCC1. The van der Waals surface area contributed by atoms with E-state index < -0.39 is 23.1 Å². The summed E-state index contributed by atoms with van der Waals surface area (Å²) in [7, 11) is 0. The van der Waals surface area contributed by atoms with Gasteiger partial charge in [-0.2, -0.15) is 0 Å². The summed E-state index contributed by atoms with van der Waals surface area (Å²) in [5.74, 6) is -1.86. The second-order valence-electron chi connectivity index (χ2n) is 8.25. The molecule has 1 saturated heterocycles. The van der Waals surface area contributed by atoms with Crippen molar-refractivity contribution in [2.75, 3.05) is 41.8 Å². The first-order valence-electron chi connectivity index (χ1n) is 10.6. The van der Waals surface area contributed by atoms with Crippen LogP contribution in [-0.4, -0.2) is 53.8 Å². The van der Waals surface area contributed by atoms with Crippen LogP contribution >= 0.6 is 0 Å². The van der Waals surface area contributed by atoms with Crippen molar-refractivity contribution in [2.24, 2.45) is 11.5 Å². The minimum absolute atomic E-state index is 0.0413. The summed E-state index contributed by atoms with van der Waals surface area (Å²) in [6, 6.07) is 2.27. The average Bonchev–Trinajstić information content (AvgIpc) is 2.74. The minimum Gasteiger partial charge on any atom is -0.378 e. The van der Waals surface area contributed by atoms with E-state index in [1.807, 2.05) is 11.8 Å². The lowest BCUT2D eigenvalue weighted by Gasteiger charge is -2.46. The monoisotopic (exact) mass is 447 g/mol. The Morgan fingerprint density at radius 2 is 1.94 bits per heavy atom. The van der Waals surface area contributed by atoms with E-state index in [0.717, 1.165) is 31.5 Å². The maximum atomic E-state index is 14.8. The van der Waals surface area contributed by atoms with E-state index in [0.29, 0.717) is 32.1 Å². The number of nitrogens with one attached hydrogen (secondary N) is 2. The summed E-state index contributed by atoms with van der Waals surface area (Å²) < 4.78 is 34.7. The fourth-order valence-corrected chi connectivity index (χ4v) is 3.96. The summed E-state index contributed by atoms with van der Waals surface area (Å²) >= 11 is 0. The highest BCUT2D eigenvalue weighted by molar-refractivity contribution is 5.98. The third-order valence-electron chi connectivity index (χ3n) is 6.16. The standard InChI is InChI=1S/C21H27F2N7O2/c1-12(24)21(3-2-4-21)29-20-14(22)9-13(18(25)31)19(28-20)27-16-10-17(26-11-15(16)23)30-5-7-32-8-6-30/h9-12H,2-8,24H2,1H3,(H2,25,31)(H2,26,27,28,29)/t12-/m0/s1. The number of anilines is 4. The smallest absolute Gasteiger partial charge is 0.252 e. The van der Waals surface area contributed by atoms with Crippen LogP contribution in [0.2, 0.25) is 0 Å². The molecule has 9 nitrogen and oxygen atoms in total. The molecular weight excluding hydrogens is 420 g/mol. The molecule has 172 valence electrons. The molecule has 11 heteroatoms. The molecule has 2 fully saturated rings. The maximum absolute atomic E-state index is 14.8. The van der Waals surface area contributed by atoms with Crippen LogP contribution in [-0.2, 0) is 4.74 Å². The quantitative estimate of drug-likeness (QED) is 0.508. The van der Waals surface area contributed by atoms with Crippen molar-refractivity contribution in [3.05, 3.63) is 35.5 Å². The van der Waals surface area contributed by atoms with Crippen molar-refractivity contribution < 1.29 is 18.3 Å². The predicted molar refractivity (Wildman–Crippen MR) is 117 cm³/mol. The molecule has 1 amide bonds. The number of pyridine rings is 2. The molecule has 0 unspecified atom stereocenters. The highest BCUT2D eigenvalue weighted by Gasteiger charge is 2.41. The van der Waals surface area contributed by atoms with Gasteiger partial charge in [0, 0.05) is 25.2 Å². The molecule has 2 aromatic rings. The Labute approximate surface area is 184 Å². The molecule has 2 aromatic heterocycles. The highest BCUT2D eigenvalue weighted by atomic mass is 19.1. The van der Waals surface area contributed by atoms with Gasteiger partial charge in [0.15, 0.2) is 17.5 Å². The van der Waals surface area contributed by atoms with Gasteiger partial charge in [0.05, 0.1) is 36.2 Å². The van der Waals surface area contributed by atoms with Crippen molar-refractivity contribution in [2.45, 2.75) is 37.8 Å². The number of carbonyl (C=O) groups excluding carboxylic acids is 1. The largest absolute Gasteiger partial charge is 0.378 e. The zero-order chi connectivity index (χ0) is 22.9. The topological polar surface area (TPSA) is 131 Å². The Morgan fingerprint density at radius 1 is 1.22 bits per heavy atom. The molecule has 4 rings (SSSR count). The Kier molecular flexibility index (Phi) is 6.11. The van der Waals surface area contributed by atoms with E-state index in [1.165, 1.54) is 6.07 Å². The first-order chi connectivity index (χ1) is 15.3. The van der Waals surface area contributed by atoms with E-state index in [-0.39, 0.29) is 28.9 Å². The summed E-state index contributed by atoms with van der Waals surface area (Å²) in [6.07, 6.45) is 3.59. The zero-order valence-corrected chi connectivity index (χ0v) is 17.8. The Bertz CT molecular complexity index is 1010. The van der Waals surface area contributed by atoms with Crippen LogP contribution in [0, 0.1) is 11.6 Å². The molecule has 3 heterocycles. The van der Waals surface area contributed by atoms with E-state index >= 15 is 0 Å². The number of morpholine rings is 1. The molecule has 1 aliphatic heterocycles. The van der Waals surface area contributed by atoms with Gasteiger partial charge in [-0.1, -0.05) is 0 Å². The Balaban J connectivity index is 1.67. The van der Waals surface area contributed by atoms with E-state index in [4.69, 9.17) is 16.2 Å². The number of nitrogens with zero attached hydrogens (tertiary/aromatic N) is 3. The first kappa shape index (κ1) is 22.2.